The molecule has 0 radical (unpaired) electrons. The molecule has 2 N–H and O–H groups in total. The van der Waals surface area contributed by atoms with Gasteiger partial charge in [0.25, 0.3) is 17.7 Å². The van der Waals surface area contributed by atoms with E-state index in [1.165, 1.54) is 39.8 Å². The third kappa shape index (κ3) is 4.66. The normalized spacial score (nSPS) is 17.9. The number of likely N-dealkylation sites (tertiary alicyclic amines) is 1. The van der Waals surface area contributed by atoms with Crippen molar-refractivity contribution in [2.24, 2.45) is 5.11 Å². The first-order valence-corrected chi connectivity index (χ1v) is 11.9. The maximum Gasteiger partial charge on any atom is 0.423 e. The maximum absolute atomic E-state index is 12.9. The summed E-state index contributed by atoms with van der Waals surface area (Å²) in [5.74, 6) is -2.23. The molecule has 0 aromatic heterocycles. The van der Waals surface area contributed by atoms with Gasteiger partial charge in [0, 0.05) is 35.1 Å². The van der Waals surface area contributed by atoms with Crippen LogP contribution in [0.4, 0.5) is 10.5 Å². The molecular weight excluding hydrogens is 460 g/mol. The fourth-order valence-corrected chi connectivity index (χ4v) is 4.96. The van der Waals surface area contributed by atoms with Crippen molar-refractivity contribution in [1.82, 2.24) is 9.80 Å². The first kappa shape index (κ1) is 23.4. The third-order valence-electron chi connectivity index (χ3n) is 4.67. The summed E-state index contributed by atoms with van der Waals surface area (Å²) >= 11 is 0. The molecule has 12 nitrogen and oxygen atoms in total. The number of imide groups is 4. The number of anilines is 1. The molecule has 0 aliphatic carbocycles. The van der Waals surface area contributed by atoms with Gasteiger partial charge >= 0.3 is 6.09 Å². The van der Waals surface area contributed by atoms with Gasteiger partial charge in [-0.2, -0.15) is 4.90 Å². The summed E-state index contributed by atoms with van der Waals surface area (Å²) in [6, 6.07) is 3.11. The Hall–Kier alpha value is -3.22. The average Bonchev–Trinajstić information content (AvgIpc) is 3.01. The number of piperidine rings is 1. The minimum absolute atomic E-state index is 0.00584. The number of carbonyl (C=O) groups excluding carboxylic acids is 5. The van der Waals surface area contributed by atoms with Crippen molar-refractivity contribution < 1.29 is 28.7 Å². The molecule has 0 saturated carbocycles. The summed E-state index contributed by atoms with van der Waals surface area (Å²) in [6.07, 6.45) is -1.45. The molecule has 1 aromatic carbocycles. The topological polar surface area (TPSA) is 176 Å². The van der Waals surface area contributed by atoms with Crippen LogP contribution in [0.2, 0.25) is 0 Å². The zero-order valence-corrected chi connectivity index (χ0v) is 18.3. The van der Waals surface area contributed by atoms with Crippen molar-refractivity contribution in [2.75, 3.05) is 30.4 Å². The molecular formula is C18H18N6O6S2. The highest BCUT2D eigenvalue weighted by molar-refractivity contribution is 8.76. The number of carbonyl (C=O) groups is 5. The standard InChI is InChI=1S/C18H18N6O6S2/c19-11-3-1-2-10-14(11)17(28)23(15(10)26)12-4-5-13(25)24(16(12)27)18(29)30-7-9-32-31-8-6-21-22-20/h1-3,12H,4-9,19H2. The first-order valence-electron chi connectivity index (χ1n) is 9.43. The summed E-state index contributed by atoms with van der Waals surface area (Å²) in [7, 11) is 2.78. The van der Waals surface area contributed by atoms with Crippen LogP contribution >= 0.6 is 21.6 Å². The van der Waals surface area contributed by atoms with E-state index >= 15 is 0 Å². The van der Waals surface area contributed by atoms with Crippen molar-refractivity contribution in [1.29, 1.82) is 0 Å². The molecule has 1 aromatic rings. The van der Waals surface area contributed by atoms with Crippen molar-refractivity contribution in [3.05, 3.63) is 39.8 Å². The Labute approximate surface area is 189 Å². The monoisotopic (exact) mass is 478 g/mol. The summed E-state index contributed by atoms with van der Waals surface area (Å²) in [5.41, 5.74) is 14.2. The van der Waals surface area contributed by atoms with Crippen LogP contribution in [-0.2, 0) is 14.3 Å². The molecule has 168 valence electrons. The fraction of sp³-hybridized carbons (Fsp3) is 0.389. The second kappa shape index (κ2) is 10.4. The molecule has 2 aliphatic heterocycles. The van der Waals surface area contributed by atoms with Crippen molar-refractivity contribution >= 4 is 57.0 Å². The van der Waals surface area contributed by atoms with Crippen molar-refractivity contribution in [2.45, 2.75) is 18.9 Å². The van der Waals surface area contributed by atoms with Crippen LogP contribution in [0.1, 0.15) is 33.6 Å². The highest BCUT2D eigenvalue weighted by Crippen LogP contribution is 2.32. The van der Waals surface area contributed by atoms with Gasteiger partial charge in [-0.15, -0.1) is 0 Å². The SMILES string of the molecule is [N-]=[N+]=NCCSSCCOC(=O)N1C(=O)CCC(N2C(=O)c3cccc(N)c3C2=O)C1=O. The number of benzene rings is 1. The predicted molar refractivity (Wildman–Crippen MR) is 117 cm³/mol. The quantitative estimate of drug-likeness (QED) is 0.112. The molecule has 1 fully saturated rings. The highest BCUT2D eigenvalue weighted by Gasteiger charge is 2.49. The van der Waals surface area contributed by atoms with E-state index in [0.29, 0.717) is 23.0 Å². The summed E-state index contributed by atoms with van der Waals surface area (Å²) in [5, 5.41) is 3.38. The van der Waals surface area contributed by atoms with E-state index < -0.39 is 35.8 Å². The summed E-state index contributed by atoms with van der Waals surface area (Å²) < 4.78 is 5.02. The van der Waals surface area contributed by atoms with Gasteiger partial charge in [-0.3, -0.25) is 24.1 Å². The molecule has 1 atom stereocenters. The second-order valence-corrected chi connectivity index (χ2v) is 9.29. The zero-order valence-electron chi connectivity index (χ0n) is 16.6. The summed E-state index contributed by atoms with van der Waals surface area (Å²) in [6.45, 7) is 0.263. The van der Waals surface area contributed by atoms with E-state index in [2.05, 4.69) is 10.0 Å². The molecule has 2 heterocycles. The lowest BCUT2D eigenvalue weighted by Crippen LogP contribution is -2.57. The van der Waals surface area contributed by atoms with Gasteiger partial charge in [-0.1, -0.05) is 32.8 Å². The van der Waals surface area contributed by atoms with E-state index in [9.17, 15) is 24.0 Å². The minimum atomic E-state index is -1.31. The lowest BCUT2D eigenvalue weighted by molar-refractivity contribution is -0.148. The molecule has 14 heteroatoms. The number of nitrogen functional groups attached to an aromatic ring is 1. The van der Waals surface area contributed by atoms with Gasteiger partial charge in [-0.25, -0.2) is 4.79 Å². The smallest absolute Gasteiger partial charge is 0.423 e. The Morgan fingerprint density at radius 2 is 1.97 bits per heavy atom. The minimum Gasteiger partial charge on any atom is -0.448 e. The molecule has 3 rings (SSSR count). The first-order chi connectivity index (χ1) is 15.4. The van der Waals surface area contributed by atoms with Gasteiger partial charge in [0.1, 0.15) is 12.6 Å². The summed E-state index contributed by atoms with van der Waals surface area (Å²) in [4.78, 5) is 66.8. The number of ether oxygens (including phenoxy) is 1. The van der Waals surface area contributed by atoms with E-state index in [1.807, 2.05) is 0 Å². The second-order valence-electron chi connectivity index (χ2n) is 6.58. The van der Waals surface area contributed by atoms with Crippen LogP contribution in [-0.4, -0.2) is 70.2 Å². The van der Waals surface area contributed by atoms with E-state index in [-0.39, 0.29) is 36.3 Å². The lowest BCUT2D eigenvalue weighted by atomic mass is 10.0. The average molecular weight is 479 g/mol. The number of hydrogen-bond acceptors (Lipinski definition) is 10. The fourth-order valence-electron chi connectivity index (χ4n) is 3.28. The van der Waals surface area contributed by atoms with Crippen LogP contribution < -0.4 is 5.73 Å². The molecule has 2 aliphatic rings. The molecule has 1 unspecified atom stereocenters. The van der Waals surface area contributed by atoms with Gasteiger partial charge in [0.15, 0.2) is 0 Å². The van der Waals surface area contributed by atoms with Gasteiger partial charge < -0.3 is 10.5 Å². The largest absolute Gasteiger partial charge is 0.448 e. The predicted octanol–water partition coefficient (Wildman–Crippen LogP) is 2.21. The number of hydrogen-bond donors (Lipinski definition) is 1. The molecule has 0 bridgehead atoms. The number of rotatable bonds is 8. The Morgan fingerprint density at radius 3 is 2.69 bits per heavy atom. The number of azide groups is 1. The van der Waals surface area contributed by atoms with Gasteiger partial charge in [-0.05, 0) is 24.1 Å². The molecule has 0 spiro atoms. The molecule has 1 saturated heterocycles. The van der Waals surface area contributed by atoms with Crippen LogP contribution in [0.5, 0.6) is 0 Å². The Kier molecular flexibility index (Phi) is 7.62. The number of amides is 5. The molecule has 32 heavy (non-hydrogen) atoms. The Balaban J connectivity index is 1.62. The number of fused-ring (bicyclic) bond motifs is 1. The van der Waals surface area contributed by atoms with Gasteiger partial charge in [0.05, 0.1) is 11.1 Å². The van der Waals surface area contributed by atoms with E-state index in [4.69, 9.17) is 16.0 Å². The lowest BCUT2D eigenvalue weighted by Gasteiger charge is -2.32. The van der Waals surface area contributed by atoms with Gasteiger partial charge in [0.2, 0.25) is 5.91 Å². The Morgan fingerprint density at radius 1 is 1.22 bits per heavy atom. The van der Waals surface area contributed by atoms with Crippen LogP contribution in [0.25, 0.3) is 10.4 Å². The Bertz CT molecular complexity index is 1030. The van der Waals surface area contributed by atoms with Crippen molar-refractivity contribution in [3.63, 3.8) is 0 Å². The third-order valence-corrected chi connectivity index (χ3v) is 7.02. The van der Waals surface area contributed by atoms with E-state index in [1.54, 1.807) is 0 Å². The van der Waals surface area contributed by atoms with Crippen molar-refractivity contribution in [3.8, 4) is 0 Å². The molecule has 5 amide bonds. The maximum atomic E-state index is 12.9. The highest BCUT2D eigenvalue weighted by atomic mass is 33.1. The van der Waals surface area contributed by atoms with Crippen LogP contribution in [0.3, 0.4) is 0 Å². The van der Waals surface area contributed by atoms with E-state index in [0.717, 1.165) is 4.90 Å². The number of nitrogens with two attached hydrogens (primary N) is 1. The van der Waals surface area contributed by atoms with Crippen LogP contribution in [0, 0.1) is 0 Å². The van der Waals surface area contributed by atoms with Crippen LogP contribution in [0.15, 0.2) is 23.3 Å². The zero-order chi connectivity index (χ0) is 23.3. The number of nitrogens with zero attached hydrogens (tertiary/aromatic N) is 5.